The largest absolute Gasteiger partial charge is 0.495 e. The first-order chi connectivity index (χ1) is 13.1. The highest BCUT2D eigenvalue weighted by atomic mass is 35.5. The summed E-state index contributed by atoms with van der Waals surface area (Å²) in [6.45, 7) is 0. The van der Waals surface area contributed by atoms with Crippen LogP contribution in [0.15, 0.2) is 47.4 Å². The summed E-state index contributed by atoms with van der Waals surface area (Å²) in [6.07, 6.45) is 0.0848. The summed E-state index contributed by atoms with van der Waals surface area (Å²) < 4.78 is 53.6. The van der Waals surface area contributed by atoms with Gasteiger partial charge >= 0.3 is 0 Å². The molecule has 1 heterocycles. The quantitative estimate of drug-likeness (QED) is 0.761. The molecule has 0 spiro atoms. The zero-order valence-electron chi connectivity index (χ0n) is 14.9. The smallest absolute Gasteiger partial charge is 0.255 e. The number of halogens is 1. The molecule has 0 radical (unpaired) electrons. The number of hydrogen-bond donors (Lipinski definition) is 1. The van der Waals surface area contributed by atoms with Crippen molar-refractivity contribution in [1.82, 2.24) is 0 Å². The molecule has 0 aliphatic carbocycles. The van der Waals surface area contributed by atoms with E-state index in [1.165, 1.54) is 37.4 Å². The van der Waals surface area contributed by atoms with Gasteiger partial charge in [0.25, 0.3) is 5.91 Å². The molecule has 2 aromatic carbocycles. The van der Waals surface area contributed by atoms with Gasteiger partial charge in [-0.2, -0.15) is 0 Å². The van der Waals surface area contributed by atoms with Crippen molar-refractivity contribution in [2.75, 3.05) is 23.9 Å². The summed E-state index contributed by atoms with van der Waals surface area (Å²) >= 11 is 5.94. The molecule has 0 saturated carbocycles. The predicted octanol–water partition coefficient (Wildman–Crippen LogP) is 2.56. The SMILES string of the molecule is COc1ccc(Cl)cc1NC(=O)c1ccc(S(=O)(=O)[C@H]2CCS(=O)(=O)C2)cc1. The van der Waals surface area contributed by atoms with Gasteiger partial charge in [0.05, 0.1) is 34.4 Å². The molecule has 1 saturated heterocycles. The van der Waals surface area contributed by atoms with Crippen molar-refractivity contribution in [3.05, 3.63) is 53.1 Å². The van der Waals surface area contributed by atoms with Gasteiger partial charge in [-0.1, -0.05) is 11.6 Å². The number of anilines is 1. The fraction of sp³-hybridized carbons (Fsp3) is 0.278. The molecule has 1 aliphatic rings. The van der Waals surface area contributed by atoms with Crippen LogP contribution in [0.5, 0.6) is 5.75 Å². The summed E-state index contributed by atoms with van der Waals surface area (Å²) in [5, 5.41) is 2.13. The van der Waals surface area contributed by atoms with Gasteiger partial charge in [0, 0.05) is 10.6 Å². The minimum Gasteiger partial charge on any atom is -0.495 e. The molecule has 1 atom stereocenters. The first-order valence-corrected chi connectivity index (χ1v) is 12.1. The highest BCUT2D eigenvalue weighted by Gasteiger charge is 2.38. The van der Waals surface area contributed by atoms with Crippen LogP contribution in [0.1, 0.15) is 16.8 Å². The van der Waals surface area contributed by atoms with Gasteiger partial charge in [-0.25, -0.2) is 16.8 Å². The van der Waals surface area contributed by atoms with Crippen molar-refractivity contribution < 1.29 is 26.4 Å². The first-order valence-electron chi connectivity index (χ1n) is 8.32. The number of benzene rings is 2. The van der Waals surface area contributed by atoms with Gasteiger partial charge in [0.2, 0.25) is 0 Å². The number of nitrogens with one attached hydrogen (secondary N) is 1. The Morgan fingerprint density at radius 1 is 1.18 bits per heavy atom. The van der Waals surface area contributed by atoms with Crippen LogP contribution in [-0.4, -0.2) is 46.6 Å². The highest BCUT2D eigenvalue weighted by Crippen LogP contribution is 2.29. The average molecular weight is 444 g/mol. The zero-order chi connectivity index (χ0) is 20.5. The maximum atomic E-state index is 12.6. The van der Waals surface area contributed by atoms with Crippen molar-refractivity contribution in [3.63, 3.8) is 0 Å². The Morgan fingerprint density at radius 2 is 1.86 bits per heavy atom. The van der Waals surface area contributed by atoms with Gasteiger partial charge in [0.1, 0.15) is 5.75 Å². The van der Waals surface area contributed by atoms with E-state index in [9.17, 15) is 21.6 Å². The van der Waals surface area contributed by atoms with Gasteiger partial charge < -0.3 is 10.1 Å². The summed E-state index contributed by atoms with van der Waals surface area (Å²) in [4.78, 5) is 12.4. The maximum absolute atomic E-state index is 12.6. The fourth-order valence-electron chi connectivity index (χ4n) is 2.97. The first kappa shape index (κ1) is 20.6. The van der Waals surface area contributed by atoms with Gasteiger partial charge in [-0.15, -0.1) is 0 Å². The fourth-order valence-corrected chi connectivity index (χ4v) is 7.50. The second kappa shape index (κ2) is 7.73. The highest BCUT2D eigenvalue weighted by molar-refractivity contribution is 7.96. The molecule has 3 rings (SSSR count). The maximum Gasteiger partial charge on any atom is 0.255 e. The van der Waals surface area contributed by atoms with Crippen LogP contribution < -0.4 is 10.1 Å². The second-order valence-electron chi connectivity index (χ2n) is 6.39. The molecule has 10 heteroatoms. The molecule has 28 heavy (non-hydrogen) atoms. The van der Waals surface area contributed by atoms with Crippen LogP contribution >= 0.6 is 11.6 Å². The third-order valence-electron chi connectivity index (χ3n) is 4.48. The van der Waals surface area contributed by atoms with E-state index in [2.05, 4.69) is 5.32 Å². The predicted molar refractivity (Wildman–Crippen MR) is 107 cm³/mol. The van der Waals surface area contributed by atoms with Crippen molar-refractivity contribution in [1.29, 1.82) is 0 Å². The number of methoxy groups -OCH3 is 1. The Morgan fingerprint density at radius 3 is 2.43 bits per heavy atom. The Bertz CT molecular complexity index is 1110. The molecule has 0 unspecified atom stereocenters. The van der Waals surface area contributed by atoms with Gasteiger partial charge in [0.15, 0.2) is 19.7 Å². The second-order valence-corrected chi connectivity index (χ2v) is 11.3. The van der Waals surface area contributed by atoms with Crippen LogP contribution in [0.4, 0.5) is 5.69 Å². The van der Waals surface area contributed by atoms with Crippen LogP contribution in [-0.2, 0) is 19.7 Å². The van der Waals surface area contributed by atoms with E-state index in [0.29, 0.717) is 16.5 Å². The molecule has 0 aromatic heterocycles. The van der Waals surface area contributed by atoms with Crippen molar-refractivity contribution >= 4 is 42.9 Å². The summed E-state index contributed by atoms with van der Waals surface area (Å²) in [6, 6.07) is 10.2. The van der Waals surface area contributed by atoms with Crippen molar-refractivity contribution in [2.24, 2.45) is 0 Å². The van der Waals surface area contributed by atoms with E-state index in [0.717, 1.165) is 0 Å². The molecule has 1 amide bonds. The van der Waals surface area contributed by atoms with Crippen molar-refractivity contribution in [3.8, 4) is 5.75 Å². The Hall–Kier alpha value is -2.10. The zero-order valence-corrected chi connectivity index (χ0v) is 17.3. The van der Waals surface area contributed by atoms with Crippen LogP contribution in [0.2, 0.25) is 5.02 Å². The third-order valence-corrected chi connectivity index (χ3v) is 8.91. The molecule has 1 aliphatic heterocycles. The Balaban J connectivity index is 1.79. The molecule has 1 fully saturated rings. The number of hydrogen-bond acceptors (Lipinski definition) is 6. The Labute approximate surface area is 168 Å². The lowest BCUT2D eigenvalue weighted by atomic mass is 10.2. The van der Waals surface area contributed by atoms with E-state index in [4.69, 9.17) is 16.3 Å². The molecule has 150 valence electrons. The van der Waals surface area contributed by atoms with E-state index in [1.54, 1.807) is 12.1 Å². The number of amides is 1. The lowest BCUT2D eigenvalue weighted by Gasteiger charge is -2.12. The molecular formula is C18H18ClNO6S2. The summed E-state index contributed by atoms with van der Waals surface area (Å²) in [7, 11) is -5.63. The van der Waals surface area contributed by atoms with Crippen molar-refractivity contribution in [2.45, 2.75) is 16.6 Å². The van der Waals surface area contributed by atoms with Crippen LogP contribution in [0.3, 0.4) is 0 Å². The van der Waals surface area contributed by atoms with Gasteiger partial charge in [-0.05, 0) is 48.9 Å². The summed E-state index contributed by atoms with van der Waals surface area (Å²) in [5.41, 5.74) is 0.618. The number of sulfone groups is 2. The monoisotopic (exact) mass is 443 g/mol. The molecule has 1 N–H and O–H groups in total. The standard InChI is InChI=1S/C18H18ClNO6S2/c1-26-17-7-4-13(19)10-16(17)20-18(21)12-2-5-14(6-3-12)28(24,25)15-8-9-27(22,23)11-15/h2-7,10,15H,8-9,11H2,1H3,(H,20,21)/t15-/m0/s1. The number of carbonyl (C=O) groups is 1. The lowest BCUT2D eigenvalue weighted by Crippen LogP contribution is -2.23. The average Bonchev–Trinajstić information content (AvgIpc) is 3.02. The molecule has 7 nitrogen and oxygen atoms in total. The van der Waals surface area contributed by atoms with E-state index in [-0.39, 0.29) is 28.4 Å². The third kappa shape index (κ3) is 4.31. The van der Waals surface area contributed by atoms with E-state index >= 15 is 0 Å². The molecule has 2 aromatic rings. The number of rotatable bonds is 5. The normalized spacial score (nSPS) is 18.6. The molecule has 0 bridgehead atoms. The van der Waals surface area contributed by atoms with Crippen LogP contribution in [0.25, 0.3) is 0 Å². The minimum absolute atomic E-state index is 0.00788. The van der Waals surface area contributed by atoms with E-state index < -0.39 is 30.8 Å². The minimum atomic E-state index is -3.78. The van der Waals surface area contributed by atoms with E-state index in [1.807, 2.05) is 0 Å². The lowest BCUT2D eigenvalue weighted by molar-refractivity contribution is 0.102. The number of ether oxygens (including phenoxy) is 1. The van der Waals surface area contributed by atoms with Gasteiger partial charge in [-0.3, -0.25) is 4.79 Å². The Kier molecular flexibility index (Phi) is 5.69. The topological polar surface area (TPSA) is 107 Å². The van der Waals surface area contributed by atoms with Crippen LogP contribution in [0, 0.1) is 0 Å². The summed E-state index contributed by atoms with van der Waals surface area (Å²) in [5.74, 6) is -0.530. The number of carbonyl (C=O) groups excluding carboxylic acids is 1. The molecular weight excluding hydrogens is 426 g/mol.